The van der Waals surface area contributed by atoms with E-state index in [-0.39, 0.29) is 17.3 Å². The fourth-order valence-corrected chi connectivity index (χ4v) is 4.72. The third-order valence-electron chi connectivity index (χ3n) is 5.51. The van der Waals surface area contributed by atoms with Crippen LogP contribution in [0.1, 0.15) is 16.1 Å². The number of ether oxygens (including phenoxy) is 1. The molecule has 1 aliphatic heterocycles. The molecular weight excluding hydrogens is 460 g/mol. The predicted octanol–water partition coefficient (Wildman–Crippen LogP) is 1.58. The van der Waals surface area contributed by atoms with Crippen molar-refractivity contribution < 1.29 is 27.3 Å². The fourth-order valence-electron chi connectivity index (χ4n) is 3.70. The Labute approximate surface area is 196 Å². The van der Waals surface area contributed by atoms with Crippen LogP contribution in [0.3, 0.4) is 0 Å². The molecule has 2 aromatic carbocycles. The average molecular weight is 485 g/mol. The van der Waals surface area contributed by atoms with Gasteiger partial charge in [0, 0.05) is 25.2 Å². The van der Waals surface area contributed by atoms with Crippen molar-refractivity contribution in [2.75, 3.05) is 26.7 Å². The normalized spacial score (nSPS) is 16.2. The molecule has 0 aliphatic carbocycles. The van der Waals surface area contributed by atoms with E-state index >= 15 is 0 Å². The number of piperazine rings is 1. The summed E-state index contributed by atoms with van der Waals surface area (Å²) in [6, 6.07) is 13.9. The first-order valence-electron chi connectivity index (χ1n) is 10.5. The van der Waals surface area contributed by atoms with Crippen LogP contribution < -0.4 is 14.8 Å². The summed E-state index contributed by atoms with van der Waals surface area (Å²) in [7, 11) is -2.62. The van der Waals surface area contributed by atoms with E-state index in [9.17, 15) is 18.0 Å². The lowest BCUT2D eigenvalue weighted by Gasteiger charge is -2.32. The lowest BCUT2D eigenvalue weighted by molar-refractivity contribution is -0.122. The van der Waals surface area contributed by atoms with Gasteiger partial charge < -0.3 is 19.5 Å². The highest BCUT2D eigenvalue weighted by Crippen LogP contribution is 2.26. The van der Waals surface area contributed by atoms with Gasteiger partial charge in [-0.15, -0.1) is 0 Å². The van der Waals surface area contributed by atoms with Crippen LogP contribution in [0.5, 0.6) is 5.75 Å². The molecule has 10 nitrogen and oxygen atoms in total. The summed E-state index contributed by atoms with van der Waals surface area (Å²) in [4.78, 5) is 27.5. The van der Waals surface area contributed by atoms with E-state index < -0.39 is 22.0 Å². The second-order valence-electron chi connectivity index (χ2n) is 7.73. The molecule has 0 bridgehead atoms. The molecule has 1 atom stereocenters. The topological polar surface area (TPSA) is 131 Å². The van der Waals surface area contributed by atoms with Crippen molar-refractivity contribution in [3.05, 3.63) is 65.9 Å². The maximum atomic E-state index is 13.3. The molecule has 0 spiro atoms. The largest absolute Gasteiger partial charge is 0.497 e. The van der Waals surface area contributed by atoms with Gasteiger partial charge >= 0.3 is 0 Å². The molecule has 4 rings (SSSR count). The number of aryl methyl sites for hydroxylation is 1. The lowest BCUT2D eigenvalue weighted by Crippen LogP contribution is -2.58. The van der Waals surface area contributed by atoms with Crippen molar-refractivity contribution in [1.82, 2.24) is 20.1 Å². The predicted molar refractivity (Wildman–Crippen MR) is 123 cm³/mol. The molecule has 1 unspecified atom stereocenters. The van der Waals surface area contributed by atoms with Crippen LogP contribution >= 0.6 is 0 Å². The molecule has 2 heterocycles. The van der Waals surface area contributed by atoms with Gasteiger partial charge in [0.05, 0.1) is 12.0 Å². The number of methoxy groups -OCH3 is 1. The first-order valence-corrected chi connectivity index (χ1v) is 12.0. The lowest BCUT2D eigenvalue weighted by atomic mass is 10.0. The van der Waals surface area contributed by atoms with Gasteiger partial charge in [0.15, 0.2) is 0 Å². The number of nitrogens with zero attached hydrogens (tertiary/aromatic N) is 2. The summed E-state index contributed by atoms with van der Waals surface area (Å²) < 4.78 is 37.7. The Kier molecular flexibility index (Phi) is 6.66. The summed E-state index contributed by atoms with van der Waals surface area (Å²) in [6.45, 7) is 2.30. The molecule has 1 aromatic heterocycles. The molecule has 1 saturated heterocycles. The van der Waals surface area contributed by atoms with Crippen molar-refractivity contribution in [3.8, 4) is 17.0 Å². The summed E-state index contributed by atoms with van der Waals surface area (Å²) in [6.07, 6.45) is 0. The summed E-state index contributed by atoms with van der Waals surface area (Å²) in [5.74, 6) is -0.230. The summed E-state index contributed by atoms with van der Waals surface area (Å²) >= 11 is 0. The van der Waals surface area contributed by atoms with Gasteiger partial charge in [0.25, 0.3) is 21.8 Å². The van der Waals surface area contributed by atoms with Crippen molar-refractivity contribution in [2.24, 2.45) is 0 Å². The summed E-state index contributed by atoms with van der Waals surface area (Å²) in [5, 5.41) is 7.02. The zero-order chi connectivity index (χ0) is 24.3. The maximum absolute atomic E-state index is 13.3. The number of hydrogen-bond donors (Lipinski definition) is 2. The van der Waals surface area contributed by atoms with Crippen LogP contribution in [0.15, 0.2) is 64.0 Å². The second kappa shape index (κ2) is 9.65. The number of benzene rings is 2. The molecule has 2 amide bonds. The highest BCUT2D eigenvalue weighted by atomic mass is 32.2. The average Bonchev–Trinajstić information content (AvgIpc) is 3.25. The Morgan fingerprint density at radius 3 is 2.53 bits per heavy atom. The van der Waals surface area contributed by atoms with E-state index in [0.29, 0.717) is 35.9 Å². The van der Waals surface area contributed by atoms with Gasteiger partial charge in [0.1, 0.15) is 28.8 Å². The van der Waals surface area contributed by atoms with Gasteiger partial charge in [-0.1, -0.05) is 35.5 Å². The van der Waals surface area contributed by atoms with Crippen LogP contribution in [-0.2, 0) is 14.8 Å². The van der Waals surface area contributed by atoms with E-state index in [1.54, 1.807) is 6.92 Å². The van der Waals surface area contributed by atoms with E-state index in [1.165, 1.54) is 36.3 Å². The fraction of sp³-hybridized carbons (Fsp3) is 0.261. The van der Waals surface area contributed by atoms with Gasteiger partial charge in [0.2, 0.25) is 0 Å². The number of sulfonamides is 1. The van der Waals surface area contributed by atoms with Crippen LogP contribution in [0.25, 0.3) is 11.3 Å². The number of hydrogen-bond acceptors (Lipinski definition) is 8. The number of nitrogens with one attached hydrogen (secondary N) is 2. The second-order valence-corrected chi connectivity index (χ2v) is 9.41. The first kappa shape index (κ1) is 23.5. The van der Waals surface area contributed by atoms with Crippen LogP contribution in [0.2, 0.25) is 0 Å². The zero-order valence-electron chi connectivity index (χ0n) is 18.6. The molecule has 0 saturated carbocycles. The third kappa shape index (κ3) is 4.80. The Morgan fingerprint density at radius 1 is 1.15 bits per heavy atom. The minimum atomic E-state index is -4.09. The van der Waals surface area contributed by atoms with Crippen LogP contribution in [0.4, 0.5) is 0 Å². The van der Waals surface area contributed by atoms with Gasteiger partial charge in [-0.3, -0.25) is 9.59 Å². The molecule has 178 valence electrons. The molecular formula is C23H24N4O6S. The highest BCUT2D eigenvalue weighted by molar-refractivity contribution is 7.90. The minimum absolute atomic E-state index is 0.0123. The zero-order valence-corrected chi connectivity index (χ0v) is 19.5. The Balaban J connectivity index is 1.49. The van der Waals surface area contributed by atoms with Crippen molar-refractivity contribution in [2.45, 2.75) is 17.9 Å². The molecule has 1 aliphatic rings. The molecule has 0 radical (unpaired) electrons. The monoisotopic (exact) mass is 484 g/mol. The van der Waals surface area contributed by atoms with Crippen molar-refractivity contribution in [1.29, 1.82) is 0 Å². The Hall–Kier alpha value is -3.70. The number of amides is 2. The van der Waals surface area contributed by atoms with E-state index in [1.807, 2.05) is 30.3 Å². The Morgan fingerprint density at radius 2 is 1.85 bits per heavy atom. The first-order chi connectivity index (χ1) is 16.3. The maximum Gasteiger partial charge on any atom is 0.264 e. The summed E-state index contributed by atoms with van der Waals surface area (Å²) in [5.41, 5.74) is 1.47. The molecule has 34 heavy (non-hydrogen) atoms. The smallest absolute Gasteiger partial charge is 0.264 e. The van der Waals surface area contributed by atoms with Crippen molar-refractivity contribution in [3.63, 3.8) is 0 Å². The highest BCUT2D eigenvalue weighted by Gasteiger charge is 2.33. The standard InChI is InChI=1S/C23H24N4O6S/c1-15-20(21(25-33-15)16-6-4-3-5-7-16)23(29)27-13-12-24-19(14-27)22(28)26-34(30,31)18-10-8-17(32-2)9-11-18/h3-11,19,24H,12-14H2,1-2H3,(H,26,28). The molecule has 3 aromatic rings. The number of rotatable bonds is 6. The molecule has 1 fully saturated rings. The van der Waals surface area contributed by atoms with Crippen LogP contribution in [-0.4, -0.2) is 63.1 Å². The van der Waals surface area contributed by atoms with Crippen molar-refractivity contribution >= 4 is 21.8 Å². The molecule has 2 N–H and O–H groups in total. The Bertz CT molecular complexity index is 1290. The van der Waals surface area contributed by atoms with E-state index in [2.05, 4.69) is 15.2 Å². The van der Waals surface area contributed by atoms with Gasteiger partial charge in [-0.25, -0.2) is 13.1 Å². The number of aromatic nitrogens is 1. The minimum Gasteiger partial charge on any atom is -0.497 e. The van der Waals surface area contributed by atoms with Crippen LogP contribution in [0, 0.1) is 6.92 Å². The van der Waals surface area contributed by atoms with Gasteiger partial charge in [-0.05, 0) is 31.2 Å². The van der Waals surface area contributed by atoms with E-state index in [4.69, 9.17) is 9.26 Å². The SMILES string of the molecule is COc1ccc(S(=O)(=O)NC(=O)C2CN(C(=O)c3c(-c4ccccc4)noc3C)CCN2)cc1. The van der Waals surface area contributed by atoms with Gasteiger partial charge in [-0.2, -0.15) is 0 Å². The number of carbonyl (C=O) groups excluding carboxylic acids is 2. The van der Waals surface area contributed by atoms with E-state index in [0.717, 1.165) is 5.56 Å². The number of carbonyl (C=O) groups is 2. The third-order valence-corrected chi connectivity index (χ3v) is 6.87. The quantitative estimate of drug-likeness (QED) is 0.539. The molecule has 11 heteroatoms.